The normalized spacial score (nSPS) is 14.3. The molecule has 3 aromatic carbocycles. The van der Waals surface area contributed by atoms with E-state index < -0.39 is 26.6 Å². The number of anilines is 1. The van der Waals surface area contributed by atoms with Crippen LogP contribution >= 0.6 is 27.5 Å². The van der Waals surface area contributed by atoms with Crippen molar-refractivity contribution >= 4 is 49.2 Å². The Bertz CT molecular complexity index is 1470. The second-order valence-electron chi connectivity index (χ2n) is 7.01. The summed E-state index contributed by atoms with van der Waals surface area (Å²) in [6.07, 6.45) is 0. The number of carbonyl (C=O) groups excluding carboxylic acids is 1. The first-order chi connectivity index (χ1) is 15.6. The number of hydrogen-bond acceptors (Lipinski definition) is 7. The third-order valence-electron chi connectivity index (χ3n) is 4.95. The molecule has 0 amide bonds. The molecule has 1 heterocycles. The Balaban J connectivity index is 2.05. The minimum absolute atomic E-state index is 0.000674. The molecular formula is C22H14BrClN2O6S. The summed E-state index contributed by atoms with van der Waals surface area (Å²) in [5.74, 6) is -1.33. The Labute approximate surface area is 202 Å². The lowest BCUT2D eigenvalue weighted by Crippen LogP contribution is -2.15. The molecular weight excluding hydrogens is 536 g/mol. The van der Waals surface area contributed by atoms with E-state index in [2.05, 4.69) is 20.7 Å². The van der Waals surface area contributed by atoms with Crippen LogP contribution in [0, 0.1) is 11.3 Å². The van der Waals surface area contributed by atoms with Crippen LogP contribution < -0.4 is 9.46 Å². The zero-order valence-electron chi connectivity index (χ0n) is 16.8. The van der Waals surface area contributed by atoms with E-state index in [1.165, 1.54) is 19.2 Å². The predicted octanol–water partition coefficient (Wildman–Crippen LogP) is 4.83. The summed E-state index contributed by atoms with van der Waals surface area (Å²) in [7, 11) is -3.07. The van der Waals surface area contributed by atoms with Crippen molar-refractivity contribution < 1.29 is 27.8 Å². The molecule has 1 aliphatic heterocycles. The predicted molar refractivity (Wildman–Crippen MR) is 124 cm³/mol. The summed E-state index contributed by atoms with van der Waals surface area (Å²) in [6.45, 7) is -0.160. The smallest absolute Gasteiger partial charge is 0.338 e. The Kier molecular flexibility index (Phi) is 5.97. The van der Waals surface area contributed by atoms with Gasteiger partial charge in [0.05, 0.1) is 39.5 Å². The van der Waals surface area contributed by atoms with E-state index in [4.69, 9.17) is 21.1 Å². The first kappa shape index (κ1) is 22.9. The van der Waals surface area contributed by atoms with E-state index in [0.717, 1.165) is 6.07 Å². The third kappa shape index (κ3) is 4.23. The summed E-state index contributed by atoms with van der Waals surface area (Å²) in [6, 6.07) is 12.2. The molecule has 0 atom stereocenters. The summed E-state index contributed by atoms with van der Waals surface area (Å²) in [4.78, 5) is 12.2. The lowest BCUT2D eigenvalue weighted by molar-refractivity contribution is 0.0473. The summed E-state index contributed by atoms with van der Waals surface area (Å²) in [5.41, 5.74) is 1.79. The maximum Gasteiger partial charge on any atom is 0.338 e. The average Bonchev–Trinajstić information content (AvgIpc) is 2.78. The van der Waals surface area contributed by atoms with Crippen LogP contribution in [0.4, 0.5) is 5.69 Å². The number of nitriles is 1. The van der Waals surface area contributed by atoms with E-state index in [1.54, 1.807) is 24.3 Å². The molecule has 0 saturated heterocycles. The van der Waals surface area contributed by atoms with Crippen molar-refractivity contribution in [3.05, 3.63) is 68.7 Å². The Morgan fingerprint density at radius 1 is 1.21 bits per heavy atom. The standard InChI is InChI=1S/C22H14BrClN2O6S/c1-31-21-17(24)6-13-7-18(21)26-33(29,30)19-8-14(5-16(23)20(19)27)22(28)32-10-12-3-2-11(9-25)4-15(12)13/h2-8,26-27H,10H2,1H3. The van der Waals surface area contributed by atoms with E-state index in [0.29, 0.717) is 22.3 Å². The molecule has 0 radical (unpaired) electrons. The monoisotopic (exact) mass is 548 g/mol. The van der Waals surface area contributed by atoms with Gasteiger partial charge < -0.3 is 14.6 Å². The van der Waals surface area contributed by atoms with E-state index in [-0.39, 0.29) is 33.1 Å². The molecule has 3 aromatic rings. The maximum absolute atomic E-state index is 13.2. The number of nitrogens with zero attached hydrogens (tertiary/aromatic N) is 1. The van der Waals surface area contributed by atoms with Crippen LogP contribution in [0.2, 0.25) is 5.02 Å². The fraction of sp³-hybridized carbons (Fsp3) is 0.0909. The van der Waals surface area contributed by atoms with Gasteiger partial charge in [0.15, 0.2) is 5.75 Å². The van der Waals surface area contributed by atoms with Gasteiger partial charge in [-0.1, -0.05) is 17.7 Å². The van der Waals surface area contributed by atoms with Crippen molar-refractivity contribution in [1.29, 1.82) is 5.26 Å². The highest BCUT2D eigenvalue weighted by molar-refractivity contribution is 9.10. The quantitative estimate of drug-likeness (QED) is 0.417. The number of fused-ring (bicyclic) bond motifs is 6. The second-order valence-corrected chi connectivity index (χ2v) is 9.92. The first-order valence-corrected chi connectivity index (χ1v) is 11.9. The number of esters is 1. The number of sulfonamides is 1. The molecule has 0 saturated carbocycles. The number of halogens is 2. The number of methoxy groups -OCH3 is 1. The summed E-state index contributed by atoms with van der Waals surface area (Å²) >= 11 is 9.46. The molecule has 33 heavy (non-hydrogen) atoms. The maximum atomic E-state index is 13.2. The van der Waals surface area contributed by atoms with Crippen molar-refractivity contribution in [3.63, 3.8) is 0 Å². The molecule has 0 aliphatic carbocycles. The average molecular weight is 550 g/mol. The van der Waals surface area contributed by atoms with Gasteiger partial charge in [0, 0.05) is 0 Å². The molecule has 2 N–H and O–H groups in total. The molecule has 4 rings (SSSR count). The topological polar surface area (TPSA) is 126 Å². The number of rotatable bonds is 1. The van der Waals surface area contributed by atoms with Crippen LogP contribution in [0.15, 0.2) is 51.8 Å². The summed E-state index contributed by atoms with van der Waals surface area (Å²) < 4.78 is 39.5. The van der Waals surface area contributed by atoms with Crippen LogP contribution in [0.25, 0.3) is 11.1 Å². The Morgan fingerprint density at radius 2 is 1.97 bits per heavy atom. The highest BCUT2D eigenvalue weighted by Crippen LogP contribution is 2.41. The van der Waals surface area contributed by atoms with Crippen LogP contribution in [-0.4, -0.2) is 26.6 Å². The zero-order valence-corrected chi connectivity index (χ0v) is 20.0. The molecule has 0 aromatic heterocycles. The number of phenols is 1. The van der Waals surface area contributed by atoms with Gasteiger partial charge in [-0.05, 0) is 69.0 Å². The van der Waals surface area contributed by atoms with Crippen molar-refractivity contribution in [2.45, 2.75) is 11.5 Å². The number of benzene rings is 3. The van der Waals surface area contributed by atoms with Crippen molar-refractivity contribution in [2.24, 2.45) is 0 Å². The van der Waals surface area contributed by atoms with Crippen LogP contribution in [0.3, 0.4) is 0 Å². The molecule has 4 bridgehead atoms. The van der Waals surface area contributed by atoms with Gasteiger partial charge in [-0.15, -0.1) is 0 Å². The second kappa shape index (κ2) is 8.59. The van der Waals surface area contributed by atoms with Gasteiger partial charge in [-0.3, -0.25) is 4.72 Å². The zero-order chi connectivity index (χ0) is 23.9. The van der Waals surface area contributed by atoms with Gasteiger partial charge in [0.25, 0.3) is 10.0 Å². The molecule has 0 spiro atoms. The first-order valence-electron chi connectivity index (χ1n) is 9.28. The van der Waals surface area contributed by atoms with Crippen molar-refractivity contribution in [1.82, 2.24) is 0 Å². The van der Waals surface area contributed by atoms with Gasteiger partial charge in [-0.25, -0.2) is 13.2 Å². The highest BCUT2D eigenvalue weighted by atomic mass is 79.9. The van der Waals surface area contributed by atoms with Crippen LogP contribution in [0.5, 0.6) is 11.5 Å². The SMILES string of the molecule is COc1c(Cl)cc2cc1NS(=O)(=O)c1cc(cc(Br)c1O)C(=O)OCc1ccc(C#N)cc1-2. The third-order valence-corrected chi connectivity index (χ3v) is 7.22. The number of cyclic esters (lactones) is 1. The van der Waals surface area contributed by atoms with Crippen molar-refractivity contribution in [2.75, 3.05) is 11.8 Å². The van der Waals surface area contributed by atoms with Gasteiger partial charge in [0.1, 0.15) is 17.3 Å². The van der Waals surface area contributed by atoms with Crippen LogP contribution in [-0.2, 0) is 21.4 Å². The van der Waals surface area contributed by atoms with E-state index in [9.17, 15) is 23.6 Å². The summed E-state index contributed by atoms with van der Waals surface area (Å²) in [5, 5.41) is 19.8. The van der Waals surface area contributed by atoms with Gasteiger partial charge in [0.2, 0.25) is 0 Å². The highest BCUT2D eigenvalue weighted by Gasteiger charge is 2.27. The van der Waals surface area contributed by atoms with Crippen LogP contribution in [0.1, 0.15) is 21.5 Å². The number of phenolic OH excluding ortho intramolecular Hbond substituents is 1. The van der Waals surface area contributed by atoms with Gasteiger partial charge >= 0.3 is 5.97 Å². The Morgan fingerprint density at radius 3 is 2.67 bits per heavy atom. The van der Waals surface area contributed by atoms with E-state index >= 15 is 0 Å². The number of aromatic hydroxyl groups is 1. The van der Waals surface area contributed by atoms with Gasteiger partial charge in [-0.2, -0.15) is 5.26 Å². The Hall–Kier alpha value is -3.26. The number of carbonyl (C=O) groups is 1. The molecule has 0 fully saturated rings. The largest absolute Gasteiger partial charge is 0.505 e. The van der Waals surface area contributed by atoms with E-state index in [1.807, 2.05) is 6.07 Å². The lowest BCUT2D eigenvalue weighted by Gasteiger charge is -2.17. The number of nitrogens with one attached hydrogen (secondary N) is 1. The fourth-order valence-corrected chi connectivity index (χ4v) is 5.48. The molecule has 1 aliphatic rings. The number of hydrogen-bond donors (Lipinski definition) is 2. The molecule has 8 nitrogen and oxygen atoms in total. The minimum atomic E-state index is -4.40. The number of ether oxygens (including phenoxy) is 2. The molecule has 0 unspecified atom stereocenters. The lowest BCUT2D eigenvalue weighted by atomic mass is 9.97. The van der Waals surface area contributed by atoms with Crippen molar-refractivity contribution in [3.8, 4) is 28.7 Å². The molecule has 11 heteroatoms. The minimum Gasteiger partial charge on any atom is -0.505 e. The fourth-order valence-electron chi connectivity index (χ4n) is 3.40. The molecule has 168 valence electrons.